The number of benzene rings is 1. The van der Waals surface area contributed by atoms with E-state index >= 15 is 0 Å². The van der Waals surface area contributed by atoms with Crippen LogP contribution in [0.1, 0.15) is 18.9 Å². The fourth-order valence-electron chi connectivity index (χ4n) is 2.26. The molecule has 1 aromatic carbocycles. The van der Waals surface area contributed by atoms with Crippen molar-refractivity contribution in [1.29, 1.82) is 0 Å². The summed E-state index contributed by atoms with van der Waals surface area (Å²) in [5.74, 6) is -1.04. The van der Waals surface area contributed by atoms with E-state index in [1.165, 1.54) is 11.3 Å². The van der Waals surface area contributed by atoms with Crippen molar-refractivity contribution in [1.82, 2.24) is 4.98 Å². The first-order valence-electron chi connectivity index (χ1n) is 7.59. The molecule has 1 aliphatic rings. The van der Waals surface area contributed by atoms with Crippen LogP contribution in [0.3, 0.4) is 0 Å². The van der Waals surface area contributed by atoms with E-state index in [4.69, 9.17) is 27.9 Å². The number of nitrogens with zero attached hydrogens (tertiary/aromatic N) is 1. The number of thiazole rings is 1. The first-order valence-corrected chi connectivity index (χ1v) is 9.22. The molecule has 1 N–H and O–H groups in total. The average molecular weight is 399 g/mol. The maximum absolute atomic E-state index is 11.9. The van der Waals surface area contributed by atoms with E-state index in [1.54, 1.807) is 6.92 Å². The van der Waals surface area contributed by atoms with Crippen LogP contribution in [0.4, 0.5) is 5.13 Å². The number of carbonyl (C=O) groups excluding carboxylic acids is 2. The largest absolute Gasteiger partial charge is 0.455 e. The van der Waals surface area contributed by atoms with Crippen molar-refractivity contribution >= 4 is 51.5 Å². The molecule has 0 bridgehead atoms. The number of carbonyl (C=O) groups is 2. The molecule has 8 heteroatoms. The molecular weight excluding hydrogens is 383 g/mol. The molecule has 0 spiro atoms. The molecule has 1 atom stereocenters. The van der Waals surface area contributed by atoms with E-state index in [0.29, 0.717) is 11.6 Å². The van der Waals surface area contributed by atoms with Gasteiger partial charge in [-0.1, -0.05) is 29.8 Å². The SMILES string of the molecule is Cc1ccc(-c2csc(NC(=O)COC(=O)[C@@]3(C)CC3(Cl)Cl)n2)cc1. The molecule has 0 unspecified atom stereocenters. The second kappa shape index (κ2) is 6.59. The van der Waals surface area contributed by atoms with Gasteiger partial charge in [-0.25, -0.2) is 4.98 Å². The summed E-state index contributed by atoms with van der Waals surface area (Å²) in [6, 6.07) is 7.94. The highest BCUT2D eigenvalue weighted by atomic mass is 35.5. The number of esters is 1. The summed E-state index contributed by atoms with van der Waals surface area (Å²) in [6.07, 6.45) is 0.315. The summed E-state index contributed by atoms with van der Waals surface area (Å²) in [5.41, 5.74) is 1.96. The minimum absolute atomic E-state index is 0.315. The number of rotatable bonds is 5. The highest BCUT2D eigenvalue weighted by molar-refractivity contribution is 7.14. The molecule has 0 radical (unpaired) electrons. The molecule has 2 aromatic rings. The number of hydrogen-bond donors (Lipinski definition) is 1. The number of amides is 1. The van der Waals surface area contributed by atoms with Gasteiger partial charge >= 0.3 is 5.97 Å². The fourth-order valence-corrected chi connectivity index (χ4v) is 3.68. The van der Waals surface area contributed by atoms with Crippen LogP contribution >= 0.6 is 34.5 Å². The van der Waals surface area contributed by atoms with Crippen LogP contribution in [0, 0.1) is 12.3 Å². The Balaban J connectivity index is 1.54. The molecule has 1 saturated carbocycles. The predicted octanol–water partition coefficient (Wildman–Crippen LogP) is 4.18. The molecule has 25 heavy (non-hydrogen) atoms. The quantitative estimate of drug-likeness (QED) is 0.605. The average Bonchev–Trinajstić information content (AvgIpc) is 2.88. The standard InChI is InChI=1S/C17H16Cl2N2O3S/c1-10-3-5-11(6-4-10)12-8-25-15(20-12)21-13(22)7-24-14(23)16(2)9-17(16,18)19/h3-6,8H,7,9H2,1-2H3,(H,20,21,22)/t16-/m1/s1. The Morgan fingerprint density at radius 2 is 1.96 bits per heavy atom. The van der Waals surface area contributed by atoms with Gasteiger partial charge in [0.05, 0.1) is 5.69 Å². The number of anilines is 1. The lowest BCUT2D eigenvalue weighted by Crippen LogP contribution is -2.26. The Kier molecular flexibility index (Phi) is 4.79. The number of halogens is 2. The Hall–Kier alpha value is -1.63. The van der Waals surface area contributed by atoms with E-state index in [2.05, 4.69) is 10.3 Å². The summed E-state index contributed by atoms with van der Waals surface area (Å²) in [4.78, 5) is 28.2. The number of alkyl halides is 2. The molecule has 0 saturated heterocycles. The van der Waals surface area contributed by atoms with Crippen LogP contribution in [0.2, 0.25) is 0 Å². The van der Waals surface area contributed by atoms with Crippen molar-refractivity contribution in [2.45, 2.75) is 24.6 Å². The smallest absolute Gasteiger partial charge is 0.315 e. The van der Waals surface area contributed by atoms with Crippen LogP contribution in [0.25, 0.3) is 11.3 Å². The third kappa shape index (κ3) is 3.81. The number of nitrogens with one attached hydrogen (secondary N) is 1. The Labute approximate surface area is 159 Å². The first-order chi connectivity index (χ1) is 11.7. The molecule has 3 rings (SSSR count). The molecule has 132 valence electrons. The summed E-state index contributed by atoms with van der Waals surface area (Å²) in [6.45, 7) is 3.22. The van der Waals surface area contributed by atoms with Crippen molar-refractivity contribution in [3.05, 3.63) is 35.2 Å². The van der Waals surface area contributed by atoms with Crippen LogP contribution in [0.15, 0.2) is 29.6 Å². The van der Waals surface area contributed by atoms with Crippen LogP contribution in [-0.4, -0.2) is 27.8 Å². The van der Waals surface area contributed by atoms with Crippen molar-refractivity contribution in [2.75, 3.05) is 11.9 Å². The molecular formula is C17H16Cl2N2O3S. The third-order valence-electron chi connectivity index (χ3n) is 4.14. The monoisotopic (exact) mass is 398 g/mol. The zero-order chi connectivity index (χ0) is 18.2. The second-order valence-electron chi connectivity index (χ2n) is 6.24. The Bertz CT molecular complexity index is 820. The summed E-state index contributed by atoms with van der Waals surface area (Å²) in [7, 11) is 0. The zero-order valence-electron chi connectivity index (χ0n) is 13.6. The first kappa shape index (κ1) is 18.2. The van der Waals surface area contributed by atoms with E-state index in [-0.39, 0.29) is 0 Å². The van der Waals surface area contributed by atoms with Gasteiger partial charge in [0.25, 0.3) is 5.91 Å². The maximum atomic E-state index is 11.9. The lowest BCUT2D eigenvalue weighted by Gasteiger charge is -2.11. The summed E-state index contributed by atoms with van der Waals surface area (Å²) in [5, 5.41) is 4.91. The van der Waals surface area contributed by atoms with Crippen LogP contribution < -0.4 is 5.32 Å². The van der Waals surface area contributed by atoms with Gasteiger partial charge in [-0.3, -0.25) is 14.9 Å². The Morgan fingerprint density at radius 1 is 1.32 bits per heavy atom. The molecule has 1 fully saturated rings. The van der Waals surface area contributed by atoms with Crippen molar-refractivity contribution in [2.24, 2.45) is 5.41 Å². The molecule has 1 heterocycles. The van der Waals surface area contributed by atoms with Gasteiger partial charge in [0, 0.05) is 17.4 Å². The normalized spacial score (nSPS) is 20.8. The van der Waals surface area contributed by atoms with E-state index in [1.807, 2.05) is 36.6 Å². The van der Waals surface area contributed by atoms with Crippen molar-refractivity contribution in [3.8, 4) is 11.3 Å². The summed E-state index contributed by atoms with van der Waals surface area (Å²) < 4.78 is 3.89. The topological polar surface area (TPSA) is 68.3 Å². The lowest BCUT2D eigenvalue weighted by atomic mass is 10.1. The molecule has 1 aliphatic carbocycles. The predicted molar refractivity (Wildman–Crippen MR) is 99.0 cm³/mol. The van der Waals surface area contributed by atoms with Crippen LogP contribution in [0.5, 0.6) is 0 Å². The van der Waals surface area contributed by atoms with E-state index in [0.717, 1.165) is 16.8 Å². The van der Waals surface area contributed by atoms with Gasteiger partial charge in [0.1, 0.15) is 9.75 Å². The van der Waals surface area contributed by atoms with Crippen molar-refractivity contribution < 1.29 is 14.3 Å². The molecule has 1 amide bonds. The maximum Gasteiger partial charge on any atom is 0.315 e. The van der Waals surface area contributed by atoms with Gasteiger partial charge in [-0.05, 0) is 13.8 Å². The number of ether oxygens (including phenoxy) is 1. The minimum Gasteiger partial charge on any atom is -0.455 e. The molecule has 0 aliphatic heterocycles. The lowest BCUT2D eigenvalue weighted by molar-refractivity contribution is -0.152. The number of aryl methyl sites for hydroxylation is 1. The van der Waals surface area contributed by atoms with Gasteiger partial charge in [0.2, 0.25) is 0 Å². The van der Waals surface area contributed by atoms with Crippen molar-refractivity contribution in [3.63, 3.8) is 0 Å². The highest BCUT2D eigenvalue weighted by Gasteiger charge is 2.69. The molecule has 5 nitrogen and oxygen atoms in total. The number of aromatic nitrogens is 1. The highest BCUT2D eigenvalue weighted by Crippen LogP contribution is 2.64. The third-order valence-corrected chi connectivity index (χ3v) is 6.00. The molecule has 1 aromatic heterocycles. The summed E-state index contributed by atoms with van der Waals surface area (Å²) >= 11 is 13.1. The van der Waals surface area contributed by atoms with Gasteiger partial charge in [-0.2, -0.15) is 0 Å². The van der Waals surface area contributed by atoms with E-state index < -0.39 is 28.2 Å². The van der Waals surface area contributed by atoms with Gasteiger partial charge in [0.15, 0.2) is 11.7 Å². The number of hydrogen-bond acceptors (Lipinski definition) is 5. The zero-order valence-corrected chi connectivity index (χ0v) is 16.0. The Morgan fingerprint density at radius 3 is 2.56 bits per heavy atom. The van der Waals surface area contributed by atoms with Crippen LogP contribution in [-0.2, 0) is 14.3 Å². The second-order valence-corrected chi connectivity index (χ2v) is 8.58. The van der Waals surface area contributed by atoms with Gasteiger partial charge < -0.3 is 4.74 Å². The van der Waals surface area contributed by atoms with Gasteiger partial charge in [-0.15, -0.1) is 34.5 Å². The van der Waals surface area contributed by atoms with E-state index in [9.17, 15) is 9.59 Å². The minimum atomic E-state index is -1.11. The fraction of sp³-hybridized carbons (Fsp3) is 0.353.